The lowest BCUT2D eigenvalue weighted by Crippen LogP contribution is -2.45. The van der Waals surface area contributed by atoms with Crippen LogP contribution >= 0.6 is 0 Å². The molecule has 0 radical (unpaired) electrons. The summed E-state index contributed by atoms with van der Waals surface area (Å²) in [4.78, 5) is 6.62. The van der Waals surface area contributed by atoms with Gasteiger partial charge >= 0.3 is 0 Å². The Hall–Kier alpha value is -1.91. The van der Waals surface area contributed by atoms with E-state index in [4.69, 9.17) is 0 Å². The minimum Gasteiger partial charge on any atom is -0.508 e. The molecule has 2 heterocycles. The smallest absolute Gasteiger partial charge is 0.115 e. The summed E-state index contributed by atoms with van der Waals surface area (Å²) in [6.45, 7) is 5.63. The predicted octanol–water partition coefficient (Wildman–Crippen LogP) is 3.36. The lowest BCUT2D eigenvalue weighted by molar-refractivity contribution is 0.184. The van der Waals surface area contributed by atoms with Crippen LogP contribution in [0.5, 0.6) is 5.75 Å². The van der Waals surface area contributed by atoms with E-state index in [1.807, 2.05) is 24.5 Å². The minimum atomic E-state index is 0.341. The Labute approximate surface area is 150 Å². The average Bonchev–Trinajstić information content (AvgIpc) is 2.64. The molecule has 134 valence electrons. The number of phenols is 1. The predicted molar refractivity (Wildman–Crippen MR) is 102 cm³/mol. The number of likely N-dealkylation sites (tertiary alicyclic amines) is 1. The van der Waals surface area contributed by atoms with Crippen molar-refractivity contribution in [1.82, 2.24) is 15.2 Å². The summed E-state index contributed by atoms with van der Waals surface area (Å²) >= 11 is 0. The number of rotatable bonds is 7. The molecule has 1 aliphatic heterocycles. The van der Waals surface area contributed by atoms with E-state index in [0.29, 0.717) is 17.8 Å². The van der Waals surface area contributed by atoms with Gasteiger partial charge in [-0.3, -0.25) is 9.88 Å². The minimum absolute atomic E-state index is 0.341. The average molecular weight is 339 g/mol. The number of benzene rings is 1. The van der Waals surface area contributed by atoms with Crippen molar-refractivity contribution in [3.8, 4) is 5.75 Å². The van der Waals surface area contributed by atoms with Crippen LogP contribution in [0.1, 0.15) is 37.3 Å². The number of hydrogen-bond acceptors (Lipinski definition) is 4. The Bertz CT molecular complexity index is 621. The standard InChI is InChI=1S/C21H29N3O/c1-17(2-3-18-4-6-21(25)7-5-18)23-20-10-14-24(15-11-20)16-19-8-12-22-13-9-19/h4-9,12-13,17,20,23,25H,2-3,10-11,14-16H2,1H3/t17-/m0/s1. The van der Waals surface area contributed by atoms with Gasteiger partial charge in [-0.2, -0.15) is 0 Å². The highest BCUT2D eigenvalue weighted by molar-refractivity contribution is 5.25. The molecule has 0 bridgehead atoms. The van der Waals surface area contributed by atoms with E-state index < -0.39 is 0 Å². The molecule has 1 fully saturated rings. The van der Waals surface area contributed by atoms with Gasteiger partial charge < -0.3 is 10.4 Å². The number of pyridine rings is 1. The van der Waals surface area contributed by atoms with Gasteiger partial charge in [0.2, 0.25) is 0 Å². The van der Waals surface area contributed by atoms with Crippen molar-refractivity contribution >= 4 is 0 Å². The SMILES string of the molecule is C[C@@H](CCc1ccc(O)cc1)NC1CCN(Cc2ccncc2)CC1. The van der Waals surface area contributed by atoms with Crippen LogP contribution in [0.25, 0.3) is 0 Å². The molecule has 3 rings (SSSR count). The second-order valence-electron chi connectivity index (χ2n) is 7.18. The maximum Gasteiger partial charge on any atom is 0.115 e. The maximum absolute atomic E-state index is 9.35. The Morgan fingerprint density at radius 3 is 2.44 bits per heavy atom. The van der Waals surface area contributed by atoms with Crippen LogP contribution in [0.15, 0.2) is 48.8 Å². The van der Waals surface area contributed by atoms with Gasteiger partial charge in [-0.25, -0.2) is 0 Å². The number of piperidine rings is 1. The second kappa shape index (κ2) is 8.97. The molecule has 1 aromatic heterocycles. The molecule has 1 aromatic carbocycles. The molecule has 0 unspecified atom stereocenters. The van der Waals surface area contributed by atoms with Crippen LogP contribution in [-0.2, 0) is 13.0 Å². The van der Waals surface area contributed by atoms with Crippen LogP contribution in [0, 0.1) is 0 Å². The van der Waals surface area contributed by atoms with E-state index in [2.05, 4.69) is 34.3 Å². The van der Waals surface area contributed by atoms with Crippen molar-refractivity contribution in [3.05, 3.63) is 59.9 Å². The monoisotopic (exact) mass is 339 g/mol. The molecule has 4 nitrogen and oxygen atoms in total. The first-order chi connectivity index (χ1) is 12.2. The van der Waals surface area contributed by atoms with Crippen molar-refractivity contribution in [3.63, 3.8) is 0 Å². The van der Waals surface area contributed by atoms with Crippen LogP contribution in [0.3, 0.4) is 0 Å². The van der Waals surface area contributed by atoms with E-state index in [1.165, 1.54) is 24.0 Å². The summed E-state index contributed by atoms with van der Waals surface area (Å²) in [6.07, 6.45) is 8.36. The highest BCUT2D eigenvalue weighted by Gasteiger charge is 2.20. The zero-order valence-corrected chi connectivity index (χ0v) is 15.1. The second-order valence-corrected chi connectivity index (χ2v) is 7.18. The van der Waals surface area contributed by atoms with Crippen molar-refractivity contribution in [2.24, 2.45) is 0 Å². The lowest BCUT2D eigenvalue weighted by atomic mass is 10.0. The zero-order chi connectivity index (χ0) is 17.5. The summed E-state index contributed by atoms with van der Waals surface area (Å²) < 4.78 is 0. The molecule has 4 heteroatoms. The van der Waals surface area contributed by atoms with Crippen molar-refractivity contribution < 1.29 is 5.11 Å². The maximum atomic E-state index is 9.35. The normalized spacial score (nSPS) is 17.5. The highest BCUT2D eigenvalue weighted by atomic mass is 16.3. The summed E-state index contributed by atoms with van der Waals surface area (Å²) in [5.41, 5.74) is 2.64. The van der Waals surface area contributed by atoms with Gasteiger partial charge in [0.1, 0.15) is 5.75 Å². The van der Waals surface area contributed by atoms with Crippen molar-refractivity contribution in [1.29, 1.82) is 0 Å². The topological polar surface area (TPSA) is 48.4 Å². The largest absolute Gasteiger partial charge is 0.508 e. The number of hydrogen-bond donors (Lipinski definition) is 2. The van der Waals surface area contributed by atoms with Crippen LogP contribution < -0.4 is 5.32 Å². The van der Waals surface area contributed by atoms with Gasteiger partial charge in [0, 0.05) is 31.0 Å². The first-order valence-corrected chi connectivity index (χ1v) is 9.34. The molecule has 0 amide bonds. The molecule has 2 aromatic rings. The molecule has 0 spiro atoms. The van der Waals surface area contributed by atoms with Crippen molar-refractivity contribution in [2.45, 2.75) is 51.2 Å². The molecule has 1 aliphatic rings. The Morgan fingerprint density at radius 2 is 1.76 bits per heavy atom. The summed E-state index contributed by atoms with van der Waals surface area (Å²) in [5.74, 6) is 0.341. The fourth-order valence-electron chi connectivity index (χ4n) is 3.54. The number of aromatic hydroxyl groups is 1. The molecule has 0 aliphatic carbocycles. The first kappa shape index (κ1) is 17.9. The number of nitrogens with one attached hydrogen (secondary N) is 1. The Balaban J connectivity index is 1.36. The zero-order valence-electron chi connectivity index (χ0n) is 15.1. The van der Waals surface area contributed by atoms with Crippen LogP contribution in [-0.4, -0.2) is 40.2 Å². The quantitative estimate of drug-likeness (QED) is 0.812. The molecule has 2 N–H and O–H groups in total. The van der Waals surface area contributed by atoms with Gasteiger partial charge in [-0.05, 0) is 81.1 Å². The molecule has 0 saturated carbocycles. The lowest BCUT2D eigenvalue weighted by Gasteiger charge is -2.34. The molecular formula is C21H29N3O. The summed E-state index contributed by atoms with van der Waals surface area (Å²) in [5, 5.41) is 13.1. The van der Waals surface area contributed by atoms with Crippen molar-refractivity contribution in [2.75, 3.05) is 13.1 Å². The Morgan fingerprint density at radius 1 is 1.08 bits per heavy atom. The number of aryl methyl sites for hydroxylation is 1. The third kappa shape index (κ3) is 5.83. The fourth-order valence-corrected chi connectivity index (χ4v) is 3.54. The third-order valence-corrected chi connectivity index (χ3v) is 5.07. The van der Waals surface area contributed by atoms with Gasteiger partial charge in [0.15, 0.2) is 0 Å². The highest BCUT2D eigenvalue weighted by Crippen LogP contribution is 2.16. The van der Waals surface area contributed by atoms with E-state index in [-0.39, 0.29) is 0 Å². The van der Waals surface area contributed by atoms with Gasteiger partial charge in [-0.1, -0.05) is 12.1 Å². The molecule has 1 saturated heterocycles. The van der Waals surface area contributed by atoms with E-state index >= 15 is 0 Å². The number of nitrogens with zero attached hydrogens (tertiary/aromatic N) is 2. The molecule has 1 atom stereocenters. The molecular weight excluding hydrogens is 310 g/mol. The summed E-state index contributed by atoms with van der Waals surface area (Å²) in [6, 6.07) is 12.9. The first-order valence-electron chi connectivity index (χ1n) is 9.34. The van der Waals surface area contributed by atoms with Gasteiger partial charge in [0.05, 0.1) is 0 Å². The van der Waals surface area contributed by atoms with E-state index in [9.17, 15) is 5.11 Å². The fraction of sp³-hybridized carbons (Fsp3) is 0.476. The number of phenolic OH excluding ortho intramolecular Hbond substituents is 1. The number of aromatic nitrogens is 1. The summed E-state index contributed by atoms with van der Waals surface area (Å²) in [7, 11) is 0. The molecule has 25 heavy (non-hydrogen) atoms. The van der Waals surface area contributed by atoms with Crippen LogP contribution in [0.2, 0.25) is 0 Å². The van der Waals surface area contributed by atoms with Gasteiger partial charge in [-0.15, -0.1) is 0 Å². The van der Waals surface area contributed by atoms with E-state index in [0.717, 1.165) is 32.5 Å². The third-order valence-electron chi connectivity index (χ3n) is 5.07. The Kier molecular flexibility index (Phi) is 6.42. The van der Waals surface area contributed by atoms with Crippen LogP contribution in [0.4, 0.5) is 0 Å². The van der Waals surface area contributed by atoms with Gasteiger partial charge in [0.25, 0.3) is 0 Å². The van der Waals surface area contributed by atoms with E-state index in [1.54, 1.807) is 12.1 Å².